The summed E-state index contributed by atoms with van der Waals surface area (Å²) in [5, 5.41) is 2.62. The van der Waals surface area contributed by atoms with Crippen LogP contribution in [0.25, 0.3) is 0 Å². The van der Waals surface area contributed by atoms with Crippen LogP contribution in [0.15, 0.2) is 0 Å². The van der Waals surface area contributed by atoms with Gasteiger partial charge in [-0.25, -0.2) is 13.2 Å². The molecule has 1 fully saturated rings. The molecular formula is C15H29NO4S. The van der Waals surface area contributed by atoms with E-state index in [0.717, 1.165) is 12.8 Å². The number of carbonyl (C=O) groups is 1. The lowest BCUT2D eigenvalue weighted by Crippen LogP contribution is -2.36. The smallest absolute Gasteiger partial charge is 0.407 e. The molecule has 5 nitrogen and oxygen atoms in total. The highest BCUT2D eigenvalue weighted by molar-refractivity contribution is 7.91. The first-order valence-electron chi connectivity index (χ1n) is 8.17. The topological polar surface area (TPSA) is 72.5 Å². The lowest BCUT2D eigenvalue weighted by atomic mass is 10.1. The van der Waals surface area contributed by atoms with E-state index in [2.05, 4.69) is 12.2 Å². The Balaban J connectivity index is 1.92. The van der Waals surface area contributed by atoms with Gasteiger partial charge in [0, 0.05) is 6.04 Å². The van der Waals surface area contributed by atoms with Crippen molar-refractivity contribution in [1.29, 1.82) is 0 Å². The molecule has 1 N–H and O–H groups in total. The number of rotatable bonds is 10. The molecule has 0 saturated carbocycles. The molecule has 6 heteroatoms. The molecule has 1 heterocycles. The van der Waals surface area contributed by atoms with E-state index in [1.165, 1.54) is 38.5 Å². The number of ether oxygens (including phenoxy) is 1. The zero-order valence-electron chi connectivity index (χ0n) is 13.1. The summed E-state index contributed by atoms with van der Waals surface area (Å²) >= 11 is 0. The molecule has 1 aliphatic rings. The number of unbranched alkanes of at least 4 members (excludes halogenated alkanes) is 7. The van der Waals surface area contributed by atoms with Crippen LogP contribution in [0.3, 0.4) is 0 Å². The fraction of sp³-hybridized carbons (Fsp3) is 0.933. The van der Waals surface area contributed by atoms with Crippen molar-refractivity contribution in [3.63, 3.8) is 0 Å². The van der Waals surface area contributed by atoms with E-state index in [1.807, 2.05) is 0 Å². The zero-order valence-corrected chi connectivity index (χ0v) is 13.9. The maximum Gasteiger partial charge on any atom is 0.407 e. The minimum atomic E-state index is -2.95. The van der Waals surface area contributed by atoms with Crippen molar-refractivity contribution in [2.45, 2.75) is 70.8 Å². The molecule has 0 aliphatic carbocycles. The summed E-state index contributed by atoms with van der Waals surface area (Å²) < 4.78 is 27.6. The lowest BCUT2D eigenvalue weighted by molar-refractivity contribution is 0.141. The van der Waals surface area contributed by atoms with Gasteiger partial charge in [0.25, 0.3) is 0 Å². The second kappa shape index (κ2) is 10.0. The number of carbonyl (C=O) groups excluding carboxylic acids is 1. The normalized spacial score (nSPS) is 20.3. The van der Waals surface area contributed by atoms with Crippen molar-refractivity contribution < 1.29 is 17.9 Å². The summed E-state index contributed by atoms with van der Waals surface area (Å²) in [6, 6.07) is -0.277. The maximum absolute atomic E-state index is 11.5. The Labute approximate surface area is 128 Å². The Morgan fingerprint density at radius 3 is 2.29 bits per heavy atom. The van der Waals surface area contributed by atoms with E-state index in [-0.39, 0.29) is 17.5 Å². The predicted octanol–water partition coefficient (Wildman–Crippen LogP) is 3.04. The van der Waals surface area contributed by atoms with Crippen molar-refractivity contribution in [2.24, 2.45) is 0 Å². The summed E-state index contributed by atoms with van der Waals surface area (Å²) in [6.07, 6.45) is 9.62. The number of amides is 1. The van der Waals surface area contributed by atoms with Gasteiger partial charge < -0.3 is 10.1 Å². The first-order valence-corrected chi connectivity index (χ1v) is 9.99. The molecule has 0 aromatic rings. The van der Waals surface area contributed by atoms with Gasteiger partial charge in [-0.3, -0.25) is 0 Å². The molecule has 0 unspecified atom stereocenters. The molecule has 0 aromatic heterocycles. The predicted molar refractivity (Wildman–Crippen MR) is 84.2 cm³/mol. The molecule has 0 radical (unpaired) electrons. The third-order valence-corrected chi connectivity index (χ3v) is 5.55. The van der Waals surface area contributed by atoms with Gasteiger partial charge in [0.15, 0.2) is 9.84 Å². The highest BCUT2D eigenvalue weighted by atomic mass is 32.2. The van der Waals surface area contributed by atoms with Crippen LogP contribution >= 0.6 is 0 Å². The third kappa shape index (κ3) is 8.96. The minimum absolute atomic E-state index is 0.0415. The van der Waals surface area contributed by atoms with Crippen LogP contribution in [0.1, 0.15) is 64.7 Å². The van der Waals surface area contributed by atoms with Crippen molar-refractivity contribution in [1.82, 2.24) is 5.32 Å². The van der Waals surface area contributed by atoms with Crippen molar-refractivity contribution >= 4 is 15.9 Å². The third-order valence-electron chi connectivity index (χ3n) is 3.79. The molecule has 1 amide bonds. The first kappa shape index (κ1) is 18.3. The van der Waals surface area contributed by atoms with Crippen LogP contribution in [-0.2, 0) is 14.6 Å². The standard InChI is InChI=1S/C15H29NO4S/c1-2-3-4-5-6-7-8-9-11-20-15(17)16-14-10-12-21(18,19)13-14/h14H,2-13H2,1H3,(H,16,17)/t14-/m0/s1. The van der Waals surface area contributed by atoms with E-state index in [0.29, 0.717) is 13.0 Å². The highest BCUT2D eigenvalue weighted by Gasteiger charge is 2.29. The summed E-state index contributed by atoms with van der Waals surface area (Å²) in [5.41, 5.74) is 0. The second-order valence-electron chi connectivity index (χ2n) is 5.86. The first-order chi connectivity index (χ1) is 10.0. The fourth-order valence-electron chi connectivity index (χ4n) is 2.52. The van der Waals surface area contributed by atoms with E-state index < -0.39 is 15.9 Å². The Morgan fingerprint density at radius 2 is 1.71 bits per heavy atom. The number of alkyl carbamates (subject to hydrolysis) is 1. The second-order valence-corrected chi connectivity index (χ2v) is 8.08. The molecule has 1 atom stereocenters. The maximum atomic E-state index is 11.5. The van der Waals surface area contributed by atoms with Crippen LogP contribution in [0.5, 0.6) is 0 Å². The summed E-state index contributed by atoms with van der Waals surface area (Å²) in [4.78, 5) is 11.5. The quantitative estimate of drug-likeness (QED) is 0.628. The minimum Gasteiger partial charge on any atom is -0.450 e. The Kier molecular flexibility index (Phi) is 8.73. The van der Waals surface area contributed by atoms with Crippen molar-refractivity contribution in [3.8, 4) is 0 Å². The van der Waals surface area contributed by atoms with E-state index in [9.17, 15) is 13.2 Å². The average molecular weight is 319 g/mol. The summed E-state index contributed by atoms with van der Waals surface area (Å²) in [7, 11) is -2.95. The zero-order chi connectivity index (χ0) is 15.6. The molecule has 0 bridgehead atoms. The number of hydrogen-bond donors (Lipinski definition) is 1. The molecule has 1 saturated heterocycles. The van der Waals surface area contributed by atoms with Crippen LogP contribution < -0.4 is 5.32 Å². The monoisotopic (exact) mass is 319 g/mol. The lowest BCUT2D eigenvalue weighted by Gasteiger charge is -2.11. The van der Waals surface area contributed by atoms with Crippen LogP contribution in [0, 0.1) is 0 Å². The average Bonchev–Trinajstić information content (AvgIpc) is 2.76. The largest absolute Gasteiger partial charge is 0.450 e. The SMILES string of the molecule is CCCCCCCCCCOC(=O)N[C@H]1CCS(=O)(=O)C1. The Morgan fingerprint density at radius 1 is 1.10 bits per heavy atom. The van der Waals surface area contributed by atoms with Crippen LogP contribution in [0.4, 0.5) is 4.79 Å². The molecule has 0 aromatic carbocycles. The molecule has 1 aliphatic heterocycles. The Hall–Kier alpha value is -0.780. The van der Waals surface area contributed by atoms with Crippen LogP contribution in [0.2, 0.25) is 0 Å². The molecular weight excluding hydrogens is 290 g/mol. The molecule has 0 spiro atoms. The molecule has 21 heavy (non-hydrogen) atoms. The van der Waals surface area contributed by atoms with E-state index in [4.69, 9.17) is 4.74 Å². The number of hydrogen-bond acceptors (Lipinski definition) is 4. The van der Waals surface area contributed by atoms with Gasteiger partial charge in [-0.15, -0.1) is 0 Å². The number of nitrogens with one attached hydrogen (secondary N) is 1. The van der Waals surface area contributed by atoms with Gasteiger partial charge in [0.2, 0.25) is 0 Å². The highest BCUT2D eigenvalue weighted by Crippen LogP contribution is 2.11. The van der Waals surface area contributed by atoms with E-state index in [1.54, 1.807) is 0 Å². The van der Waals surface area contributed by atoms with Gasteiger partial charge in [-0.1, -0.05) is 51.9 Å². The summed E-state index contributed by atoms with van der Waals surface area (Å²) in [5.74, 6) is 0.204. The van der Waals surface area contributed by atoms with Gasteiger partial charge in [0.05, 0.1) is 18.1 Å². The fourth-order valence-corrected chi connectivity index (χ4v) is 4.19. The van der Waals surface area contributed by atoms with Crippen molar-refractivity contribution in [3.05, 3.63) is 0 Å². The van der Waals surface area contributed by atoms with Gasteiger partial charge in [-0.2, -0.15) is 0 Å². The number of sulfone groups is 1. The Bertz CT molecular complexity index is 394. The van der Waals surface area contributed by atoms with Gasteiger partial charge in [-0.05, 0) is 12.8 Å². The molecule has 124 valence electrons. The van der Waals surface area contributed by atoms with Crippen molar-refractivity contribution in [2.75, 3.05) is 18.1 Å². The van der Waals surface area contributed by atoms with E-state index >= 15 is 0 Å². The molecule has 1 rings (SSSR count). The van der Waals surface area contributed by atoms with Gasteiger partial charge >= 0.3 is 6.09 Å². The summed E-state index contributed by atoms with van der Waals surface area (Å²) in [6.45, 7) is 2.63. The van der Waals surface area contributed by atoms with Crippen LogP contribution in [-0.4, -0.2) is 38.7 Å². The van der Waals surface area contributed by atoms with Gasteiger partial charge in [0.1, 0.15) is 0 Å².